The lowest BCUT2D eigenvalue weighted by molar-refractivity contribution is -0.143. The van der Waals surface area contributed by atoms with Crippen LogP contribution in [0.5, 0.6) is 5.75 Å². The molecular formula is C30H33F3N4O4. The Morgan fingerprint density at radius 2 is 1.95 bits per heavy atom. The fourth-order valence-corrected chi connectivity index (χ4v) is 5.31. The highest BCUT2D eigenvalue weighted by Crippen LogP contribution is 2.41. The van der Waals surface area contributed by atoms with Gasteiger partial charge in [-0.3, -0.25) is 19.9 Å². The summed E-state index contributed by atoms with van der Waals surface area (Å²) in [5, 5.41) is 21.7. The van der Waals surface area contributed by atoms with Crippen LogP contribution >= 0.6 is 0 Å². The van der Waals surface area contributed by atoms with Gasteiger partial charge >= 0.3 is 0 Å². The maximum Gasteiger partial charge on any atom is 0.249 e. The Bertz CT molecular complexity index is 1480. The van der Waals surface area contributed by atoms with Gasteiger partial charge in [0.15, 0.2) is 11.6 Å². The Morgan fingerprint density at radius 1 is 1.22 bits per heavy atom. The third-order valence-corrected chi connectivity index (χ3v) is 7.72. The van der Waals surface area contributed by atoms with E-state index in [1.807, 2.05) is 36.0 Å². The van der Waals surface area contributed by atoms with Crippen molar-refractivity contribution in [2.24, 2.45) is 5.41 Å². The number of methoxy groups -OCH3 is 1. The van der Waals surface area contributed by atoms with E-state index >= 15 is 0 Å². The topological polar surface area (TPSA) is 98.2 Å². The van der Waals surface area contributed by atoms with Gasteiger partial charge in [0, 0.05) is 44.2 Å². The minimum Gasteiger partial charge on any atom is -0.497 e. The number of anilines is 1. The molecule has 0 bridgehead atoms. The summed E-state index contributed by atoms with van der Waals surface area (Å²) in [7, 11) is 5.28. The van der Waals surface area contributed by atoms with E-state index in [9.17, 15) is 28.3 Å². The average Bonchev–Trinajstić information content (AvgIpc) is 2.97. The van der Waals surface area contributed by atoms with E-state index in [2.05, 4.69) is 16.8 Å². The van der Waals surface area contributed by atoms with Gasteiger partial charge in [0.25, 0.3) is 0 Å². The van der Waals surface area contributed by atoms with Crippen molar-refractivity contribution < 1.29 is 33.0 Å². The van der Waals surface area contributed by atoms with Crippen molar-refractivity contribution >= 4 is 22.5 Å². The number of halogens is 3. The Balaban J connectivity index is 1.49. The number of likely N-dealkylation sites (tertiary alicyclic amines) is 1. The van der Waals surface area contributed by atoms with Crippen LogP contribution in [0, 0.1) is 34.7 Å². The number of aliphatic hydroxyl groups excluding tert-OH is 1. The molecule has 0 unspecified atom stereocenters. The van der Waals surface area contributed by atoms with E-state index in [-0.39, 0.29) is 18.5 Å². The number of ether oxygens (including phenoxy) is 1. The molecule has 1 aromatic heterocycles. The molecule has 1 fully saturated rings. The average molecular weight is 571 g/mol. The maximum atomic E-state index is 13.9. The molecule has 4 rings (SSSR count). The Morgan fingerprint density at radius 3 is 2.61 bits per heavy atom. The molecule has 1 amide bonds. The van der Waals surface area contributed by atoms with Crippen molar-refractivity contribution in [1.29, 1.82) is 0 Å². The van der Waals surface area contributed by atoms with Crippen LogP contribution in [0.1, 0.15) is 42.9 Å². The van der Waals surface area contributed by atoms with E-state index in [1.165, 1.54) is 0 Å². The van der Waals surface area contributed by atoms with Gasteiger partial charge in [0.2, 0.25) is 5.91 Å². The number of hydroxylamine groups is 1. The molecule has 2 heterocycles. The summed E-state index contributed by atoms with van der Waals surface area (Å²) < 4.78 is 46.1. The van der Waals surface area contributed by atoms with Gasteiger partial charge in [-0.1, -0.05) is 11.8 Å². The molecule has 3 N–H and O–H groups in total. The van der Waals surface area contributed by atoms with Crippen LogP contribution < -0.4 is 15.1 Å². The fourth-order valence-electron chi connectivity index (χ4n) is 5.31. The third kappa shape index (κ3) is 6.56. The first kappa shape index (κ1) is 30.1. The molecule has 0 spiro atoms. The number of rotatable bonds is 8. The lowest BCUT2D eigenvalue weighted by Crippen LogP contribution is -2.48. The molecule has 3 aromatic rings. The van der Waals surface area contributed by atoms with Gasteiger partial charge in [-0.15, -0.1) is 0 Å². The molecule has 0 radical (unpaired) electrons. The van der Waals surface area contributed by atoms with E-state index in [4.69, 9.17) is 4.74 Å². The van der Waals surface area contributed by atoms with Crippen LogP contribution in [-0.4, -0.2) is 66.9 Å². The van der Waals surface area contributed by atoms with Gasteiger partial charge in [-0.2, -0.15) is 0 Å². The molecule has 218 valence electrons. The second-order valence-electron chi connectivity index (χ2n) is 10.4. The normalized spacial score (nSPS) is 15.6. The number of carbonyl (C=O) groups excluding carboxylic acids is 1. The molecule has 0 saturated carbocycles. The summed E-state index contributed by atoms with van der Waals surface area (Å²) in [5.74, 6) is 1.90. The van der Waals surface area contributed by atoms with Crippen LogP contribution in [0.4, 0.5) is 18.9 Å². The molecular weight excluding hydrogens is 537 g/mol. The van der Waals surface area contributed by atoms with Crippen molar-refractivity contribution in [3.05, 3.63) is 65.1 Å². The molecule has 1 saturated heterocycles. The zero-order chi connectivity index (χ0) is 29.7. The third-order valence-electron chi connectivity index (χ3n) is 7.72. The minimum absolute atomic E-state index is 0.202. The van der Waals surface area contributed by atoms with Crippen molar-refractivity contribution in [2.75, 3.05) is 45.7 Å². The quantitative estimate of drug-likeness (QED) is 0.162. The number of nitrogens with zero attached hydrogens (tertiary/aromatic N) is 3. The van der Waals surface area contributed by atoms with Crippen molar-refractivity contribution in [3.8, 4) is 17.6 Å². The molecule has 2 aromatic carbocycles. The van der Waals surface area contributed by atoms with Crippen LogP contribution in [0.25, 0.3) is 10.9 Å². The van der Waals surface area contributed by atoms with E-state index in [1.54, 1.807) is 24.9 Å². The first-order chi connectivity index (χ1) is 19.6. The van der Waals surface area contributed by atoms with Gasteiger partial charge in [-0.25, -0.2) is 18.7 Å². The monoisotopic (exact) mass is 570 g/mol. The molecule has 0 aliphatic carbocycles. The summed E-state index contributed by atoms with van der Waals surface area (Å²) in [5.41, 5.74) is 2.61. The van der Waals surface area contributed by atoms with Crippen molar-refractivity contribution in [1.82, 2.24) is 15.4 Å². The first-order valence-corrected chi connectivity index (χ1v) is 13.2. The summed E-state index contributed by atoms with van der Waals surface area (Å²) in [4.78, 5) is 21.2. The first-order valence-electron chi connectivity index (χ1n) is 13.2. The zero-order valence-electron chi connectivity index (χ0n) is 23.2. The zero-order valence-corrected chi connectivity index (χ0v) is 23.2. The van der Waals surface area contributed by atoms with Gasteiger partial charge in [0.05, 0.1) is 48.1 Å². The van der Waals surface area contributed by atoms with Crippen LogP contribution in [0.15, 0.2) is 36.5 Å². The molecule has 11 heteroatoms. The lowest BCUT2D eigenvalue weighted by Gasteiger charge is -2.40. The summed E-state index contributed by atoms with van der Waals surface area (Å²) in [6.45, 7) is 1.08. The van der Waals surface area contributed by atoms with E-state index < -0.39 is 34.9 Å². The molecule has 1 atom stereocenters. The van der Waals surface area contributed by atoms with E-state index in [0.717, 1.165) is 17.1 Å². The Hall–Kier alpha value is -3.85. The maximum absolute atomic E-state index is 13.9. The number of nitrogens with one attached hydrogen (secondary N) is 1. The number of piperidine rings is 1. The Kier molecular flexibility index (Phi) is 9.38. The van der Waals surface area contributed by atoms with Crippen LogP contribution in [0.3, 0.4) is 0 Å². The second kappa shape index (κ2) is 12.8. The highest BCUT2D eigenvalue weighted by Gasteiger charge is 2.41. The van der Waals surface area contributed by atoms with Gasteiger partial charge in [-0.05, 0) is 49.9 Å². The van der Waals surface area contributed by atoms with Crippen molar-refractivity contribution in [2.45, 2.75) is 31.8 Å². The molecule has 1 aliphatic heterocycles. The van der Waals surface area contributed by atoms with Crippen LogP contribution in [-0.2, 0) is 4.79 Å². The standard InChI is InChI=1S/C30H33F3N4O4/c1-36(2)25-18-34-24-7-6-21(41-3)17-22(24)27(25)26(38)8-9-30(29(39)35-40)10-13-37(14-11-30)12-4-5-19-15-20(31)16-23(32)28(19)33/h6-7,15-18,26,38,40H,8-14H2,1-3H3,(H,35,39)/t26-/m1/s1. The lowest BCUT2D eigenvalue weighted by atomic mass is 9.73. The highest BCUT2D eigenvalue weighted by atomic mass is 19.2. The number of fused-ring (bicyclic) bond motifs is 1. The smallest absolute Gasteiger partial charge is 0.249 e. The van der Waals surface area contributed by atoms with Crippen molar-refractivity contribution in [3.63, 3.8) is 0 Å². The molecule has 8 nitrogen and oxygen atoms in total. The number of benzene rings is 2. The van der Waals surface area contributed by atoms with Crippen LogP contribution in [0.2, 0.25) is 0 Å². The number of aromatic nitrogens is 1. The second-order valence-corrected chi connectivity index (χ2v) is 10.4. The molecule has 41 heavy (non-hydrogen) atoms. The van der Waals surface area contributed by atoms with Gasteiger partial charge in [0.1, 0.15) is 11.6 Å². The number of carbonyl (C=O) groups is 1. The van der Waals surface area contributed by atoms with Gasteiger partial charge < -0.3 is 14.7 Å². The summed E-state index contributed by atoms with van der Waals surface area (Å²) in [6, 6.07) is 6.75. The fraction of sp³-hybridized carbons (Fsp3) is 0.400. The number of hydrogen-bond acceptors (Lipinski definition) is 7. The molecule has 1 aliphatic rings. The van der Waals surface area contributed by atoms with E-state index in [0.29, 0.717) is 55.2 Å². The number of aliphatic hydroxyl groups is 1. The SMILES string of the molecule is COc1ccc2ncc(N(C)C)c([C@H](O)CCC3(C(=O)NO)CCN(CC#Cc4cc(F)cc(F)c4F)CC3)c2c1. The minimum atomic E-state index is -1.30. The number of hydrogen-bond donors (Lipinski definition) is 3. The number of amides is 1. The largest absolute Gasteiger partial charge is 0.497 e. The number of pyridine rings is 1. The predicted molar refractivity (Wildman–Crippen MR) is 148 cm³/mol. The predicted octanol–water partition coefficient (Wildman–Crippen LogP) is 4.18. The summed E-state index contributed by atoms with van der Waals surface area (Å²) in [6.07, 6.45) is 2.07. The summed E-state index contributed by atoms with van der Waals surface area (Å²) >= 11 is 0. The highest BCUT2D eigenvalue weighted by molar-refractivity contribution is 5.88. The Labute approximate surface area is 236 Å².